The van der Waals surface area contributed by atoms with E-state index in [1.54, 1.807) is 16.8 Å². The van der Waals surface area contributed by atoms with Crippen molar-refractivity contribution in [2.75, 3.05) is 19.6 Å². The van der Waals surface area contributed by atoms with Crippen molar-refractivity contribution in [3.63, 3.8) is 0 Å². The Kier molecular flexibility index (Phi) is 3.92. The molecule has 3 aromatic rings. The van der Waals surface area contributed by atoms with Crippen LogP contribution in [0.2, 0.25) is 5.02 Å². The van der Waals surface area contributed by atoms with Crippen LogP contribution in [0.5, 0.6) is 0 Å². The van der Waals surface area contributed by atoms with Crippen LogP contribution in [0.3, 0.4) is 0 Å². The van der Waals surface area contributed by atoms with Gasteiger partial charge in [0, 0.05) is 43.2 Å². The summed E-state index contributed by atoms with van der Waals surface area (Å²) >= 11 is 6.08. The van der Waals surface area contributed by atoms with Crippen molar-refractivity contribution in [3.05, 3.63) is 65.2 Å². The summed E-state index contributed by atoms with van der Waals surface area (Å²) in [6, 6.07) is 9.60. The maximum Gasteiger partial charge on any atom is 0.274 e. The molecule has 0 radical (unpaired) electrons. The van der Waals surface area contributed by atoms with Gasteiger partial charge in [-0.1, -0.05) is 23.7 Å². The highest BCUT2D eigenvalue weighted by Crippen LogP contribution is 2.21. The summed E-state index contributed by atoms with van der Waals surface area (Å²) in [4.78, 5) is 23.1. The van der Waals surface area contributed by atoms with Gasteiger partial charge in [-0.15, -0.1) is 0 Å². The second-order valence-corrected chi connectivity index (χ2v) is 6.20. The van der Waals surface area contributed by atoms with Crippen LogP contribution in [0, 0.1) is 0 Å². The molecule has 1 aliphatic rings. The minimum Gasteiger partial charge on any atom is -0.334 e. The van der Waals surface area contributed by atoms with Gasteiger partial charge in [0.25, 0.3) is 5.91 Å². The molecule has 1 unspecified atom stereocenters. The van der Waals surface area contributed by atoms with Gasteiger partial charge in [0.05, 0.1) is 6.04 Å². The molecule has 1 aliphatic heterocycles. The minimum atomic E-state index is -0.0750. The molecule has 1 aromatic carbocycles. The predicted octanol–water partition coefficient (Wildman–Crippen LogP) is 2.17. The summed E-state index contributed by atoms with van der Waals surface area (Å²) in [6.45, 7) is 1.96. The Morgan fingerprint density at radius 3 is 3.08 bits per heavy atom. The van der Waals surface area contributed by atoms with Crippen LogP contribution in [0.1, 0.15) is 22.1 Å². The Balaban J connectivity index is 1.56. The van der Waals surface area contributed by atoms with Crippen molar-refractivity contribution >= 4 is 23.3 Å². The van der Waals surface area contributed by atoms with Gasteiger partial charge in [0.1, 0.15) is 5.69 Å². The number of carbonyl (C=O) groups excluding carboxylic acids is 1. The van der Waals surface area contributed by atoms with Crippen molar-refractivity contribution < 1.29 is 4.79 Å². The molecule has 1 saturated heterocycles. The quantitative estimate of drug-likeness (QED) is 0.776. The van der Waals surface area contributed by atoms with Gasteiger partial charge in [0.15, 0.2) is 0 Å². The van der Waals surface area contributed by atoms with Crippen molar-refractivity contribution in [1.82, 2.24) is 24.6 Å². The average molecular weight is 342 g/mol. The number of benzene rings is 1. The molecule has 0 spiro atoms. The van der Waals surface area contributed by atoms with Gasteiger partial charge in [-0.3, -0.25) is 9.20 Å². The first-order chi connectivity index (χ1) is 11.7. The lowest BCUT2D eigenvalue weighted by Gasteiger charge is -2.33. The van der Waals surface area contributed by atoms with Crippen LogP contribution >= 0.6 is 11.6 Å². The van der Waals surface area contributed by atoms with Gasteiger partial charge in [-0.2, -0.15) is 0 Å². The highest BCUT2D eigenvalue weighted by atomic mass is 35.5. The SMILES string of the molecule is O=C(c1cn2cccnc2n1)N1CCNC(c2cccc(Cl)c2)C1. The third-order valence-electron chi connectivity index (χ3n) is 4.17. The van der Waals surface area contributed by atoms with Gasteiger partial charge < -0.3 is 10.2 Å². The zero-order valence-corrected chi connectivity index (χ0v) is 13.6. The summed E-state index contributed by atoms with van der Waals surface area (Å²) in [7, 11) is 0. The molecule has 1 atom stereocenters. The Labute approximate surface area is 144 Å². The molecule has 7 heteroatoms. The first kappa shape index (κ1) is 15.1. The summed E-state index contributed by atoms with van der Waals surface area (Å²) in [6.07, 6.45) is 5.22. The number of imidazole rings is 1. The number of fused-ring (bicyclic) bond motifs is 1. The number of nitrogens with one attached hydrogen (secondary N) is 1. The van der Waals surface area contributed by atoms with Gasteiger partial charge in [0.2, 0.25) is 5.78 Å². The molecule has 2 aromatic heterocycles. The molecule has 3 heterocycles. The fourth-order valence-corrected chi connectivity index (χ4v) is 3.17. The molecular weight excluding hydrogens is 326 g/mol. The van der Waals surface area contributed by atoms with E-state index in [9.17, 15) is 4.79 Å². The van der Waals surface area contributed by atoms with Crippen LogP contribution in [0.15, 0.2) is 48.9 Å². The zero-order chi connectivity index (χ0) is 16.5. The molecule has 122 valence electrons. The Hall–Kier alpha value is -2.44. The summed E-state index contributed by atoms with van der Waals surface area (Å²) in [5.41, 5.74) is 1.50. The molecule has 0 saturated carbocycles. The number of rotatable bonds is 2. The van der Waals surface area contributed by atoms with Gasteiger partial charge >= 0.3 is 0 Å². The number of hydrogen-bond donors (Lipinski definition) is 1. The van der Waals surface area contributed by atoms with Crippen LogP contribution in [-0.2, 0) is 0 Å². The first-order valence-electron chi connectivity index (χ1n) is 7.78. The van der Waals surface area contributed by atoms with Crippen molar-refractivity contribution in [2.45, 2.75) is 6.04 Å². The Morgan fingerprint density at radius 2 is 2.25 bits per heavy atom. The van der Waals surface area contributed by atoms with E-state index in [-0.39, 0.29) is 11.9 Å². The van der Waals surface area contributed by atoms with Crippen LogP contribution in [0.25, 0.3) is 5.78 Å². The molecule has 4 rings (SSSR count). The maximum absolute atomic E-state index is 12.8. The normalized spacial score (nSPS) is 18.0. The Bertz CT molecular complexity index is 860. The maximum atomic E-state index is 12.8. The number of hydrogen-bond acceptors (Lipinski definition) is 4. The van der Waals surface area contributed by atoms with E-state index in [4.69, 9.17) is 11.6 Å². The van der Waals surface area contributed by atoms with E-state index in [1.807, 2.05) is 41.4 Å². The van der Waals surface area contributed by atoms with Crippen molar-refractivity contribution in [1.29, 1.82) is 0 Å². The van der Waals surface area contributed by atoms with E-state index < -0.39 is 0 Å². The van der Waals surface area contributed by atoms with E-state index in [1.165, 1.54) is 0 Å². The Morgan fingerprint density at radius 1 is 1.33 bits per heavy atom. The molecule has 0 aliphatic carbocycles. The molecule has 1 fully saturated rings. The van der Waals surface area contributed by atoms with Crippen LogP contribution in [0.4, 0.5) is 0 Å². The van der Waals surface area contributed by atoms with Crippen LogP contribution in [-0.4, -0.2) is 44.8 Å². The monoisotopic (exact) mass is 341 g/mol. The number of piperazine rings is 1. The van der Waals surface area contributed by atoms with Crippen molar-refractivity contribution in [2.24, 2.45) is 0 Å². The molecule has 0 bridgehead atoms. The lowest BCUT2D eigenvalue weighted by atomic mass is 10.0. The molecule has 6 nitrogen and oxygen atoms in total. The average Bonchev–Trinajstić information content (AvgIpc) is 3.05. The van der Waals surface area contributed by atoms with E-state index in [2.05, 4.69) is 15.3 Å². The van der Waals surface area contributed by atoms with E-state index in [0.717, 1.165) is 12.1 Å². The highest BCUT2D eigenvalue weighted by molar-refractivity contribution is 6.30. The fraction of sp³-hybridized carbons (Fsp3) is 0.235. The lowest BCUT2D eigenvalue weighted by molar-refractivity contribution is 0.0697. The van der Waals surface area contributed by atoms with Gasteiger partial charge in [-0.05, 0) is 23.8 Å². The second kappa shape index (κ2) is 6.22. The standard InChI is InChI=1S/C17H16ClN5O/c18-13-4-1-3-12(9-13)14-10-22(8-6-19-14)16(24)15-11-23-7-2-5-20-17(23)21-15/h1-5,7,9,11,14,19H,6,8,10H2. The summed E-state index contributed by atoms with van der Waals surface area (Å²) in [5.74, 6) is 0.455. The number of amides is 1. The number of carbonyl (C=O) groups is 1. The zero-order valence-electron chi connectivity index (χ0n) is 12.9. The second-order valence-electron chi connectivity index (χ2n) is 5.77. The highest BCUT2D eigenvalue weighted by Gasteiger charge is 2.26. The molecule has 24 heavy (non-hydrogen) atoms. The van der Waals surface area contributed by atoms with E-state index in [0.29, 0.717) is 29.6 Å². The number of aromatic nitrogens is 3. The topological polar surface area (TPSA) is 62.5 Å². The number of halogens is 1. The van der Waals surface area contributed by atoms with Gasteiger partial charge in [-0.25, -0.2) is 9.97 Å². The molecule has 1 N–H and O–H groups in total. The third kappa shape index (κ3) is 2.86. The first-order valence-corrected chi connectivity index (χ1v) is 8.16. The molecule has 1 amide bonds. The smallest absolute Gasteiger partial charge is 0.274 e. The third-order valence-corrected chi connectivity index (χ3v) is 4.40. The summed E-state index contributed by atoms with van der Waals surface area (Å²) < 4.78 is 1.75. The fourth-order valence-electron chi connectivity index (χ4n) is 2.98. The number of nitrogens with zero attached hydrogens (tertiary/aromatic N) is 4. The van der Waals surface area contributed by atoms with Crippen molar-refractivity contribution in [3.8, 4) is 0 Å². The summed E-state index contributed by atoms with van der Waals surface area (Å²) in [5, 5.41) is 4.13. The van der Waals surface area contributed by atoms with Crippen LogP contribution < -0.4 is 5.32 Å². The lowest BCUT2D eigenvalue weighted by Crippen LogP contribution is -2.48. The predicted molar refractivity (Wildman–Crippen MR) is 91.1 cm³/mol. The molecular formula is C17H16ClN5O. The largest absolute Gasteiger partial charge is 0.334 e. The minimum absolute atomic E-state index is 0.0663. The van der Waals surface area contributed by atoms with E-state index >= 15 is 0 Å².